The Labute approximate surface area is 80.4 Å². The van der Waals surface area contributed by atoms with E-state index in [0.29, 0.717) is 6.61 Å². The highest BCUT2D eigenvalue weighted by molar-refractivity contribution is 5.25. The van der Waals surface area contributed by atoms with Gasteiger partial charge in [0.25, 0.3) is 0 Å². The van der Waals surface area contributed by atoms with Crippen LogP contribution in [0.4, 0.5) is 8.78 Å². The fourth-order valence-corrected chi connectivity index (χ4v) is 1.02. The van der Waals surface area contributed by atoms with Crippen molar-refractivity contribution in [1.29, 1.82) is 0 Å². The number of rotatable bonds is 3. The summed E-state index contributed by atoms with van der Waals surface area (Å²) < 4.78 is 35.9. The highest BCUT2D eigenvalue weighted by atomic mass is 19.1. The van der Waals surface area contributed by atoms with Crippen LogP contribution in [-0.2, 0) is 4.74 Å². The van der Waals surface area contributed by atoms with Crippen LogP contribution in [0.3, 0.4) is 0 Å². The van der Waals surface area contributed by atoms with Crippen molar-refractivity contribution in [2.45, 2.75) is 12.5 Å². The SMILES string of the molecule is CC1(COc2cc(F)ccc2F)CO1. The Morgan fingerprint density at radius 2 is 2.21 bits per heavy atom. The largest absolute Gasteiger partial charge is 0.487 e. The Hall–Kier alpha value is -1.16. The van der Waals surface area contributed by atoms with Gasteiger partial charge in [0, 0.05) is 6.07 Å². The Kier molecular flexibility index (Phi) is 2.15. The van der Waals surface area contributed by atoms with Crippen LogP contribution in [0, 0.1) is 11.6 Å². The van der Waals surface area contributed by atoms with Gasteiger partial charge in [-0.25, -0.2) is 8.78 Å². The van der Waals surface area contributed by atoms with E-state index >= 15 is 0 Å². The smallest absolute Gasteiger partial charge is 0.165 e. The molecule has 1 aliphatic heterocycles. The van der Waals surface area contributed by atoms with Gasteiger partial charge in [0.2, 0.25) is 0 Å². The molecule has 1 heterocycles. The summed E-state index contributed by atoms with van der Waals surface area (Å²) in [5.41, 5.74) is -0.321. The molecule has 0 saturated carbocycles. The standard InChI is InChI=1S/C10H10F2O2/c1-10(6-14-10)5-13-9-4-7(11)2-3-8(9)12/h2-4H,5-6H2,1H3. The molecule has 0 aromatic heterocycles. The summed E-state index contributed by atoms with van der Waals surface area (Å²) in [6.45, 7) is 2.70. The van der Waals surface area contributed by atoms with Crippen LogP contribution >= 0.6 is 0 Å². The maximum absolute atomic E-state index is 13.0. The van der Waals surface area contributed by atoms with Crippen molar-refractivity contribution in [3.05, 3.63) is 29.8 Å². The maximum Gasteiger partial charge on any atom is 0.165 e. The number of hydrogen-bond donors (Lipinski definition) is 0. The average molecular weight is 200 g/mol. The zero-order chi connectivity index (χ0) is 10.2. The van der Waals surface area contributed by atoms with E-state index in [2.05, 4.69) is 0 Å². The molecule has 0 amide bonds. The number of benzene rings is 1. The van der Waals surface area contributed by atoms with Crippen molar-refractivity contribution in [3.63, 3.8) is 0 Å². The molecule has 14 heavy (non-hydrogen) atoms. The lowest BCUT2D eigenvalue weighted by Gasteiger charge is -2.09. The van der Waals surface area contributed by atoms with Gasteiger partial charge in [-0.15, -0.1) is 0 Å². The van der Waals surface area contributed by atoms with Crippen LogP contribution in [0.5, 0.6) is 5.75 Å². The fraction of sp³-hybridized carbons (Fsp3) is 0.400. The molecule has 2 rings (SSSR count). The summed E-state index contributed by atoms with van der Waals surface area (Å²) >= 11 is 0. The molecule has 1 fully saturated rings. The fourth-order valence-electron chi connectivity index (χ4n) is 1.02. The van der Waals surface area contributed by atoms with Gasteiger partial charge in [0.15, 0.2) is 11.6 Å². The lowest BCUT2D eigenvalue weighted by molar-refractivity contribution is 0.196. The molecule has 1 saturated heterocycles. The van der Waals surface area contributed by atoms with Crippen molar-refractivity contribution in [1.82, 2.24) is 0 Å². The number of epoxide rings is 1. The van der Waals surface area contributed by atoms with Gasteiger partial charge in [0.1, 0.15) is 18.0 Å². The Morgan fingerprint density at radius 1 is 1.50 bits per heavy atom. The van der Waals surface area contributed by atoms with Crippen molar-refractivity contribution in [3.8, 4) is 5.75 Å². The molecule has 1 aliphatic rings. The van der Waals surface area contributed by atoms with Gasteiger partial charge >= 0.3 is 0 Å². The highest BCUT2D eigenvalue weighted by Crippen LogP contribution is 2.27. The van der Waals surface area contributed by atoms with Gasteiger partial charge in [-0.05, 0) is 19.1 Å². The molecular formula is C10H10F2O2. The monoisotopic (exact) mass is 200 g/mol. The first kappa shape index (κ1) is 9.40. The van der Waals surface area contributed by atoms with Crippen LogP contribution < -0.4 is 4.74 Å². The second-order valence-corrected chi connectivity index (χ2v) is 3.60. The molecule has 0 radical (unpaired) electrons. The number of hydrogen-bond acceptors (Lipinski definition) is 2. The quantitative estimate of drug-likeness (QED) is 0.697. The number of ether oxygens (including phenoxy) is 2. The van der Waals surface area contributed by atoms with Gasteiger partial charge in [-0.3, -0.25) is 0 Å². The van der Waals surface area contributed by atoms with Crippen LogP contribution in [-0.4, -0.2) is 18.8 Å². The first-order valence-corrected chi connectivity index (χ1v) is 4.31. The van der Waals surface area contributed by atoms with Crippen LogP contribution in [0.1, 0.15) is 6.92 Å². The molecule has 0 aliphatic carbocycles. The van der Waals surface area contributed by atoms with E-state index in [1.54, 1.807) is 0 Å². The summed E-state index contributed by atoms with van der Waals surface area (Å²) in [6.07, 6.45) is 0. The van der Waals surface area contributed by atoms with E-state index in [0.717, 1.165) is 18.2 Å². The molecule has 76 valence electrons. The number of halogens is 2. The molecule has 1 aromatic rings. The molecule has 0 N–H and O–H groups in total. The molecule has 1 unspecified atom stereocenters. The molecule has 0 spiro atoms. The third-order valence-electron chi connectivity index (χ3n) is 2.06. The van der Waals surface area contributed by atoms with E-state index in [-0.39, 0.29) is 18.0 Å². The van der Waals surface area contributed by atoms with Gasteiger partial charge < -0.3 is 9.47 Å². The van der Waals surface area contributed by atoms with Gasteiger partial charge in [0.05, 0.1) is 6.61 Å². The average Bonchev–Trinajstić information content (AvgIpc) is 2.87. The third kappa shape index (κ3) is 2.01. The molecule has 2 nitrogen and oxygen atoms in total. The third-order valence-corrected chi connectivity index (χ3v) is 2.06. The second kappa shape index (κ2) is 3.20. The van der Waals surface area contributed by atoms with Crippen LogP contribution in [0.25, 0.3) is 0 Å². The minimum absolute atomic E-state index is 0.0678. The summed E-state index contributed by atoms with van der Waals surface area (Å²) in [5.74, 6) is -1.14. The Morgan fingerprint density at radius 3 is 2.86 bits per heavy atom. The summed E-state index contributed by atoms with van der Waals surface area (Å²) in [6, 6.07) is 3.12. The zero-order valence-electron chi connectivity index (χ0n) is 7.72. The summed E-state index contributed by atoms with van der Waals surface area (Å²) in [4.78, 5) is 0. The first-order valence-electron chi connectivity index (χ1n) is 4.31. The Balaban J connectivity index is 2.04. The highest BCUT2D eigenvalue weighted by Gasteiger charge is 2.40. The molecule has 1 aromatic carbocycles. The summed E-state index contributed by atoms with van der Waals surface area (Å²) in [5, 5.41) is 0. The minimum atomic E-state index is -0.560. The maximum atomic E-state index is 13.0. The molecule has 1 atom stereocenters. The van der Waals surface area contributed by atoms with Crippen LogP contribution in [0.2, 0.25) is 0 Å². The van der Waals surface area contributed by atoms with E-state index in [1.807, 2.05) is 6.92 Å². The van der Waals surface area contributed by atoms with Gasteiger partial charge in [-0.2, -0.15) is 0 Å². The van der Waals surface area contributed by atoms with Gasteiger partial charge in [-0.1, -0.05) is 0 Å². The van der Waals surface area contributed by atoms with Crippen molar-refractivity contribution in [2.24, 2.45) is 0 Å². The topological polar surface area (TPSA) is 21.8 Å². The normalized spacial score (nSPS) is 24.8. The zero-order valence-corrected chi connectivity index (χ0v) is 7.72. The molecule has 0 bridgehead atoms. The lowest BCUT2D eigenvalue weighted by atomic mass is 10.2. The van der Waals surface area contributed by atoms with Crippen molar-refractivity contribution in [2.75, 3.05) is 13.2 Å². The van der Waals surface area contributed by atoms with Crippen molar-refractivity contribution < 1.29 is 18.3 Å². The first-order chi connectivity index (χ1) is 6.59. The van der Waals surface area contributed by atoms with E-state index in [9.17, 15) is 8.78 Å². The minimum Gasteiger partial charge on any atom is -0.487 e. The van der Waals surface area contributed by atoms with Crippen molar-refractivity contribution >= 4 is 0 Å². The Bertz CT molecular complexity index is 348. The second-order valence-electron chi connectivity index (χ2n) is 3.60. The predicted octanol–water partition coefficient (Wildman–Crippen LogP) is 2.13. The predicted molar refractivity (Wildman–Crippen MR) is 46.2 cm³/mol. The van der Waals surface area contributed by atoms with Crippen LogP contribution in [0.15, 0.2) is 18.2 Å². The molecular weight excluding hydrogens is 190 g/mol. The van der Waals surface area contributed by atoms with E-state index in [4.69, 9.17) is 9.47 Å². The lowest BCUT2D eigenvalue weighted by Crippen LogP contribution is -2.17. The van der Waals surface area contributed by atoms with E-state index in [1.165, 1.54) is 0 Å². The van der Waals surface area contributed by atoms with E-state index < -0.39 is 11.6 Å². The summed E-state index contributed by atoms with van der Waals surface area (Å²) in [7, 11) is 0. The molecule has 4 heteroatoms.